The Morgan fingerprint density at radius 1 is 1.32 bits per heavy atom. The summed E-state index contributed by atoms with van der Waals surface area (Å²) in [5.74, 6) is -0.0591. The van der Waals surface area contributed by atoms with Gasteiger partial charge < -0.3 is 15.0 Å². The van der Waals surface area contributed by atoms with Crippen molar-refractivity contribution < 1.29 is 9.53 Å². The number of pyridine rings is 2. The van der Waals surface area contributed by atoms with Crippen molar-refractivity contribution in [3.63, 3.8) is 0 Å². The minimum Gasteiger partial charge on any atom is -0.381 e. The zero-order valence-electron chi connectivity index (χ0n) is 16.2. The van der Waals surface area contributed by atoms with Crippen LogP contribution >= 0.6 is 11.6 Å². The Morgan fingerprint density at radius 2 is 2.21 bits per heavy atom. The molecule has 1 atom stereocenters. The van der Waals surface area contributed by atoms with Gasteiger partial charge in [-0.1, -0.05) is 17.7 Å². The largest absolute Gasteiger partial charge is 0.381 e. The number of aryl methyl sites for hydroxylation is 2. The number of piperazine rings is 1. The van der Waals surface area contributed by atoms with Gasteiger partial charge in [-0.05, 0) is 50.5 Å². The summed E-state index contributed by atoms with van der Waals surface area (Å²) in [6.07, 6.45) is 4.34. The Hall–Kier alpha value is -2.02. The summed E-state index contributed by atoms with van der Waals surface area (Å²) in [5, 5.41) is 3.72. The van der Waals surface area contributed by atoms with Crippen LogP contribution in [0.1, 0.15) is 34.6 Å². The van der Waals surface area contributed by atoms with Crippen LogP contribution in [0.25, 0.3) is 0 Å². The van der Waals surface area contributed by atoms with Gasteiger partial charge in [0, 0.05) is 56.5 Å². The number of nitrogens with one attached hydrogen (secondary N) is 1. The van der Waals surface area contributed by atoms with E-state index in [4.69, 9.17) is 16.3 Å². The molecule has 3 heterocycles. The van der Waals surface area contributed by atoms with Crippen molar-refractivity contribution >= 4 is 17.5 Å². The number of ether oxygens (including phenoxy) is 1. The third kappa shape index (κ3) is 5.99. The highest BCUT2D eigenvalue weighted by Crippen LogP contribution is 2.16. The molecule has 0 radical (unpaired) electrons. The molecule has 1 saturated heterocycles. The molecular weight excluding hydrogens is 376 g/mol. The SMILES string of the molecule is Cc1cccc(CCCOCCC2CN(C(=O)c3cccnc3Cl)CCN2)n1. The molecular formula is C21H27ClN4O2. The quantitative estimate of drug-likeness (QED) is 0.543. The summed E-state index contributed by atoms with van der Waals surface area (Å²) in [5.41, 5.74) is 2.63. The molecule has 2 aromatic rings. The first-order chi connectivity index (χ1) is 13.6. The van der Waals surface area contributed by atoms with Crippen molar-refractivity contribution in [2.75, 3.05) is 32.8 Å². The molecule has 1 amide bonds. The van der Waals surface area contributed by atoms with Gasteiger partial charge in [0.1, 0.15) is 5.15 Å². The first-order valence-electron chi connectivity index (χ1n) is 9.77. The van der Waals surface area contributed by atoms with Crippen LogP contribution in [-0.2, 0) is 11.2 Å². The van der Waals surface area contributed by atoms with Crippen LogP contribution in [0.4, 0.5) is 0 Å². The number of hydrogen-bond donors (Lipinski definition) is 1. The van der Waals surface area contributed by atoms with Gasteiger partial charge in [0.15, 0.2) is 0 Å². The zero-order valence-corrected chi connectivity index (χ0v) is 17.0. The number of rotatable bonds is 8. The molecule has 150 valence electrons. The molecule has 1 aliphatic rings. The molecule has 1 unspecified atom stereocenters. The standard InChI is InChI=1S/C21H27ClN4O2/c1-16-5-2-6-17(25-16)7-4-13-28-14-9-18-15-26(12-11-23-18)21(27)19-8-3-10-24-20(19)22/h2-3,5-6,8,10,18,23H,4,7,9,11-15H2,1H3. The molecule has 28 heavy (non-hydrogen) atoms. The summed E-state index contributed by atoms with van der Waals surface area (Å²) < 4.78 is 5.79. The van der Waals surface area contributed by atoms with Crippen LogP contribution in [0.2, 0.25) is 5.15 Å². The zero-order chi connectivity index (χ0) is 19.8. The molecule has 0 aliphatic carbocycles. The van der Waals surface area contributed by atoms with Crippen LogP contribution in [0.15, 0.2) is 36.5 Å². The Morgan fingerprint density at radius 3 is 3.04 bits per heavy atom. The lowest BCUT2D eigenvalue weighted by Crippen LogP contribution is -2.53. The molecule has 0 aromatic carbocycles. The van der Waals surface area contributed by atoms with Gasteiger partial charge in [-0.3, -0.25) is 9.78 Å². The average Bonchev–Trinajstić information content (AvgIpc) is 2.71. The van der Waals surface area contributed by atoms with E-state index in [9.17, 15) is 4.79 Å². The third-order valence-corrected chi connectivity index (χ3v) is 5.11. The van der Waals surface area contributed by atoms with E-state index >= 15 is 0 Å². The number of halogens is 1. The molecule has 3 rings (SSSR count). The Balaban J connectivity index is 1.36. The van der Waals surface area contributed by atoms with Crippen LogP contribution in [0, 0.1) is 6.92 Å². The molecule has 1 aliphatic heterocycles. The van der Waals surface area contributed by atoms with Crippen LogP contribution in [-0.4, -0.2) is 59.7 Å². The van der Waals surface area contributed by atoms with Crippen molar-refractivity contribution in [3.05, 3.63) is 58.6 Å². The lowest BCUT2D eigenvalue weighted by molar-refractivity contribution is 0.0665. The summed E-state index contributed by atoms with van der Waals surface area (Å²) in [4.78, 5) is 23.0. The van der Waals surface area contributed by atoms with E-state index < -0.39 is 0 Å². The van der Waals surface area contributed by atoms with Gasteiger partial charge in [-0.15, -0.1) is 0 Å². The average molecular weight is 403 g/mol. The van der Waals surface area contributed by atoms with Crippen LogP contribution < -0.4 is 5.32 Å². The molecule has 0 saturated carbocycles. The van der Waals surface area contributed by atoms with Crippen molar-refractivity contribution in [2.45, 2.75) is 32.2 Å². The van der Waals surface area contributed by atoms with Gasteiger partial charge in [0.25, 0.3) is 5.91 Å². The van der Waals surface area contributed by atoms with E-state index in [1.807, 2.05) is 24.0 Å². The lowest BCUT2D eigenvalue weighted by Gasteiger charge is -2.34. The fourth-order valence-electron chi connectivity index (χ4n) is 3.34. The number of hydrogen-bond acceptors (Lipinski definition) is 5. The smallest absolute Gasteiger partial charge is 0.257 e. The molecule has 0 spiro atoms. The molecule has 1 fully saturated rings. The van der Waals surface area contributed by atoms with E-state index in [0.29, 0.717) is 25.3 Å². The van der Waals surface area contributed by atoms with E-state index in [0.717, 1.165) is 43.8 Å². The first kappa shape index (κ1) is 20.7. The third-order valence-electron chi connectivity index (χ3n) is 4.81. The summed E-state index contributed by atoms with van der Waals surface area (Å²) in [6.45, 7) is 5.50. The number of nitrogens with zero attached hydrogens (tertiary/aromatic N) is 3. The Kier molecular flexibility index (Phi) is 7.77. The second kappa shape index (κ2) is 10.5. The van der Waals surface area contributed by atoms with Crippen LogP contribution in [0.3, 0.4) is 0 Å². The van der Waals surface area contributed by atoms with Crippen molar-refractivity contribution in [2.24, 2.45) is 0 Å². The predicted octanol–water partition coefficient (Wildman–Crippen LogP) is 2.89. The van der Waals surface area contributed by atoms with Gasteiger partial charge in [0.05, 0.1) is 5.56 Å². The highest BCUT2D eigenvalue weighted by Gasteiger charge is 2.25. The van der Waals surface area contributed by atoms with Gasteiger partial charge >= 0.3 is 0 Å². The maximum Gasteiger partial charge on any atom is 0.257 e. The van der Waals surface area contributed by atoms with Crippen LogP contribution in [0.5, 0.6) is 0 Å². The number of carbonyl (C=O) groups is 1. The molecule has 7 heteroatoms. The summed E-state index contributed by atoms with van der Waals surface area (Å²) >= 11 is 6.06. The molecule has 6 nitrogen and oxygen atoms in total. The fraction of sp³-hybridized carbons (Fsp3) is 0.476. The summed E-state index contributed by atoms with van der Waals surface area (Å²) in [6, 6.07) is 9.79. The first-order valence-corrected chi connectivity index (χ1v) is 10.1. The second-order valence-corrected chi connectivity index (χ2v) is 7.38. The minimum absolute atomic E-state index is 0.0591. The Bertz CT molecular complexity index is 787. The molecule has 0 bridgehead atoms. The monoisotopic (exact) mass is 402 g/mol. The highest BCUT2D eigenvalue weighted by atomic mass is 35.5. The predicted molar refractivity (Wildman–Crippen MR) is 110 cm³/mol. The van der Waals surface area contributed by atoms with Gasteiger partial charge in [-0.2, -0.15) is 0 Å². The topological polar surface area (TPSA) is 67.3 Å². The molecule has 1 N–H and O–H groups in total. The number of amides is 1. The van der Waals surface area contributed by atoms with Crippen molar-refractivity contribution in [1.29, 1.82) is 0 Å². The normalized spacial score (nSPS) is 16.9. The van der Waals surface area contributed by atoms with E-state index in [2.05, 4.69) is 21.4 Å². The molecule has 2 aromatic heterocycles. The highest BCUT2D eigenvalue weighted by molar-refractivity contribution is 6.32. The van der Waals surface area contributed by atoms with Gasteiger partial charge in [-0.25, -0.2) is 4.98 Å². The minimum atomic E-state index is -0.0591. The lowest BCUT2D eigenvalue weighted by atomic mass is 10.1. The van der Waals surface area contributed by atoms with Gasteiger partial charge in [0.2, 0.25) is 0 Å². The van der Waals surface area contributed by atoms with E-state index in [-0.39, 0.29) is 17.1 Å². The van der Waals surface area contributed by atoms with E-state index in [1.54, 1.807) is 18.3 Å². The number of carbonyl (C=O) groups excluding carboxylic acids is 1. The summed E-state index contributed by atoms with van der Waals surface area (Å²) in [7, 11) is 0. The second-order valence-electron chi connectivity index (χ2n) is 7.02. The fourth-order valence-corrected chi connectivity index (χ4v) is 3.54. The Labute approximate surface area is 171 Å². The maximum atomic E-state index is 12.7. The van der Waals surface area contributed by atoms with E-state index in [1.165, 1.54) is 0 Å². The van der Waals surface area contributed by atoms with Crippen molar-refractivity contribution in [3.8, 4) is 0 Å². The van der Waals surface area contributed by atoms with Crippen molar-refractivity contribution in [1.82, 2.24) is 20.2 Å². The number of aromatic nitrogens is 2. The maximum absolute atomic E-state index is 12.7.